The van der Waals surface area contributed by atoms with Gasteiger partial charge in [0.05, 0.1) is 12.6 Å². The van der Waals surface area contributed by atoms with Crippen LogP contribution in [0.5, 0.6) is 0 Å². The molecule has 0 radical (unpaired) electrons. The molecule has 1 unspecified atom stereocenters. The van der Waals surface area contributed by atoms with E-state index in [2.05, 4.69) is 17.1 Å². The lowest BCUT2D eigenvalue weighted by atomic mass is 9.98. The molecule has 2 heterocycles. The second-order valence-corrected chi connectivity index (χ2v) is 10.0. The van der Waals surface area contributed by atoms with Crippen LogP contribution in [0.4, 0.5) is 0 Å². The minimum atomic E-state index is -0.602. The zero-order valence-electron chi connectivity index (χ0n) is 22.8. The zero-order valence-corrected chi connectivity index (χ0v) is 22.8. The Balaban J connectivity index is 1.47. The van der Waals surface area contributed by atoms with Crippen LogP contribution in [0.25, 0.3) is 22.5 Å². The molecule has 8 heteroatoms. The smallest absolute Gasteiger partial charge is 0.389 e. The molecule has 0 aliphatic rings. The van der Waals surface area contributed by atoms with Gasteiger partial charge in [0.2, 0.25) is 0 Å². The minimum Gasteiger partial charge on any atom is -0.389 e. The first-order valence-corrected chi connectivity index (χ1v) is 13.4. The standard InChI is InChI=1S/C32H32N4O4/c1-4-8-29-33-20(2)28(18-23-9-7-10-25(17-23)21(3)37)31(38)36(29)19-22-13-15-24(16-14-22)26-11-5-6-12-27(26)30-34-32(39)40-35-30/h5-7,9-17,21,37H,4,8,18-19H2,1-3H3,(H,34,35,39). The normalized spacial score (nSPS) is 12.0. The quantitative estimate of drug-likeness (QED) is 0.267. The van der Waals surface area contributed by atoms with E-state index in [-0.39, 0.29) is 5.56 Å². The van der Waals surface area contributed by atoms with E-state index in [4.69, 9.17) is 9.51 Å². The van der Waals surface area contributed by atoms with Crippen LogP contribution < -0.4 is 11.3 Å². The van der Waals surface area contributed by atoms with E-state index in [9.17, 15) is 14.7 Å². The average molecular weight is 537 g/mol. The maximum absolute atomic E-state index is 13.8. The third-order valence-corrected chi connectivity index (χ3v) is 7.06. The van der Waals surface area contributed by atoms with Crippen LogP contribution in [0, 0.1) is 6.92 Å². The fourth-order valence-corrected chi connectivity index (χ4v) is 4.96. The molecule has 2 aromatic heterocycles. The summed E-state index contributed by atoms with van der Waals surface area (Å²) in [5.41, 5.74) is 6.74. The van der Waals surface area contributed by atoms with Gasteiger partial charge in [0, 0.05) is 29.7 Å². The molecule has 0 fully saturated rings. The van der Waals surface area contributed by atoms with Crippen LogP contribution in [0.2, 0.25) is 0 Å². The number of hydrogen-bond donors (Lipinski definition) is 2. The summed E-state index contributed by atoms with van der Waals surface area (Å²) in [6, 6.07) is 23.4. The maximum atomic E-state index is 13.8. The maximum Gasteiger partial charge on any atom is 0.439 e. The number of nitrogens with zero attached hydrogens (tertiary/aromatic N) is 3. The molecular weight excluding hydrogens is 504 g/mol. The Morgan fingerprint density at radius 2 is 1.73 bits per heavy atom. The van der Waals surface area contributed by atoms with Gasteiger partial charge in [-0.2, -0.15) is 0 Å². The molecule has 204 valence electrons. The van der Waals surface area contributed by atoms with E-state index in [1.54, 1.807) is 11.5 Å². The summed E-state index contributed by atoms with van der Waals surface area (Å²) < 4.78 is 6.48. The van der Waals surface area contributed by atoms with Gasteiger partial charge >= 0.3 is 5.76 Å². The average Bonchev–Trinajstić information content (AvgIpc) is 3.40. The summed E-state index contributed by atoms with van der Waals surface area (Å²) in [6.45, 7) is 6.11. The molecular formula is C32H32N4O4. The molecule has 0 saturated carbocycles. The molecule has 0 bridgehead atoms. The molecule has 3 aromatic carbocycles. The van der Waals surface area contributed by atoms with Gasteiger partial charge in [0.1, 0.15) is 5.82 Å². The molecule has 5 aromatic rings. The Bertz CT molecular complexity index is 1750. The number of aliphatic hydroxyl groups is 1. The van der Waals surface area contributed by atoms with Crippen LogP contribution in [0.1, 0.15) is 60.1 Å². The lowest BCUT2D eigenvalue weighted by Gasteiger charge is -2.17. The van der Waals surface area contributed by atoms with E-state index in [0.29, 0.717) is 30.8 Å². The van der Waals surface area contributed by atoms with Crippen LogP contribution in [-0.2, 0) is 19.4 Å². The topological polar surface area (TPSA) is 114 Å². The third-order valence-electron chi connectivity index (χ3n) is 7.06. The van der Waals surface area contributed by atoms with Gasteiger partial charge < -0.3 is 5.11 Å². The van der Waals surface area contributed by atoms with Gasteiger partial charge in [0.15, 0.2) is 5.82 Å². The van der Waals surface area contributed by atoms with Crippen molar-refractivity contribution in [3.63, 3.8) is 0 Å². The Morgan fingerprint density at radius 1 is 0.975 bits per heavy atom. The predicted octanol–water partition coefficient (Wildman–Crippen LogP) is 5.21. The number of H-pyrrole nitrogens is 1. The zero-order chi connectivity index (χ0) is 28.2. The van der Waals surface area contributed by atoms with Gasteiger partial charge in [-0.3, -0.25) is 18.9 Å². The molecule has 2 N–H and O–H groups in total. The second-order valence-electron chi connectivity index (χ2n) is 10.0. The van der Waals surface area contributed by atoms with Crippen LogP contribution in [-0.4, -0.2) is 24.8 Å². The Hall–Kier alpha value is -4.56. The lowest BCUT2D eigenvalue weighted by Crippen LogP contribution is -2.30. The van der Waals surface area contributed by atoms with Crippen molar-refractivity contribution in [3.05, 3.63) is 127 Å². The lowest BCUT2D eigenvalue weighted by molar-refractivity contribution is 0.199. The van der Waals surface area contributed by atoms with Gasteiger partial charge in [-0.1, -0.05) is 84.9 Å². The number of nitrogens with one attached hydrogen (secondary N) is 1. The summed E-state index contributed by atoms with van der Waals surface area (Å²) >= 11 is 0. The molecule has 0 spiro atoms. The molecule has 0 aliphatic heterocycles. The first-order valence-electron chi connectivity index (χ1n) is 13.4. The summed E-state index contributed by atoms with van der Waals surface area (Å²) in [7, 11) is 0. The minimum absolute atomic E-state index is 0.0391. The molecule has 5 rings (SSSR count). The highest BCUT2D eigenvalue weighted by Gasteiger charge is 2.16. The molecule has 8 nitrogen and oxygen atoms in total. The first kappa shape index (κ1) is 27.0. The number of hydrogen-bond acceptors (Lipinski definition) is 6. The summed E-state index contributed by atoms with van der Waals surface area (Å²) in [4.78, 5) is 32.8. The van der Waals surface area contributed by atoms with Crippen molar-refractivity contribution in [1.29, 1.82) is 0 Å². The van der Waals surface area contributed by atoms with Gasteiger partial charge in [0.25, 0.3) is 5.56 Å². The van der Waals surface area contributed by atoms with Crippen LogP contribution in [0.15, 0.2) is 86.9 Å². The van der Waals surface area contributed by atoms with Crippen LogP contribution >= 0.6 is 0 Å². The van der Waals surface area contributed by atoms with E-state index < -0.39 is 11.9 Å². The van der Waals surface area contributed by atoms with Gasteiger partial charge in [-0.25, -0.2) is 9.78 Å². The largest absolute Gasteiger partial charge is 0.439 e. The van der Waals surface area contributed by atoms with E-state index in [0.717, 1.165) is 51.3 Å². The Morgan fingerprint density at radius 3 is 2.40 bits per heavy atom. The number of aromatic amines is 1. The van der Waals surface area contributed by atoms with Crippen molar-refractivity contribution in [1.82, 2.24) is 19.7 Å². The monoisotopic (exact) mass is 536 g/mol. The van der Waals surface area contributed by atoms with E-state index >= 15 is 0 Å². The molecule has 0 saturated heterocycles. The number of aromatic nitrogens is 4. The van der Waals surface area contributed by atoms with Crippen molar-refractivity contribution in [2.45, 2.75) is 52.7 Å². The fraction of sp³-hybridized carbons (Fsp3) is 0.250. The fourth-order valence-electron chi connectivity index (χ4n) is 4.96. The van der Waals surface area contributed by atoms with E-state index in [1.807, 2.05) is 79.7 Å². The highest BCUT2D eigenvalue weighted by Crippen LogP contribution is 2.30. The molecule has 0 aliphatic carbocycles. The summed E-state index contributed by atoms with van der Waals surface area (Å²) in [6.07, 6.45) is 1.46. The number of benzene rings is 3. The Kier molecular flexibility index (Phi) is 7.89. The number of aliphatic hydroxyl groups excluding tert-OH is 1. The molecule has 1 atom stereocenters. The third kappa shape index (κ3) is 5.72. The predicted molar refractivity (Wildman–Crippen MR) is 154 cm³/mol. The van der Waals surface area contributed by atoms with E-state index in [1.165, 1.54) is 0 Å². The number of rotatable bonds is 9. The van der Waals surface area contributed by atoms with Crippen molar-refractivity contribution < 1.29 is 9.63 Å². The van der Waals surface area contributed by atoms with Gasteiger partial charge in [-0.15, -0.1) is 0 Å². The second kappa shape index (κ2) is 11.7. The first-order chi connectivity index (χ1) is 19.3. The summed E-state index contributed by atoms with van der Waals surface area (Å²) in [5.74, 6) is 0.545. The Labute approximate surface area is 232 Å². The molecule has 40 heavy (non-hydrogen) atoms. The number of aryl methyl sites for hydroxylation is 2. The van der Waals surface area contributed by atoms with Gasteiger partial charge in [-0.05, 0) is 48.1 Å². The van der Waals surface area contributed by atoms with Crippen molar-refractivity contribution >= 4 is 0 Å². The van der Waals surface area contributed by atoms with Crippen molar-refractivity contribution in [2.75, 3.05) is 0 Å². The highest BCUT2D eigenvalue weighted by atomic mass is 16.5. The SMILES string of the molecule is CCCc1nc(C)c(Cc2cccc(C(C)O)c2)c(=O)n1Cc1ccc(-c2ccccc2-c2noc(=O)[nH]2)cc1. The highest BCUT2D eigenvalue weighted by molar-refractivity contribution is 5.80. The summed E-state index contributed by atoms with van der Waals surface area (Å²) in [5, 5.41) is 13.8. The van der Waals surface area contributed by atoms with Crippen molar-refractivity contribution in [3.8, 4) is 22.5 Å². The molecule has 0 amide bonds. The van der Waals surface area contributed by atoms with Crippen molar-refractivity contribution in [2.24, 2.45) is 0 Å². The van der Waals surface area contributed by atoms with Crippen LogP contribution in [0.3, 0.4) is 0 Å².